The van der Waals surface area contributed by atoms with Gasteiger partial charge < -0.3 is 10.1 Å². The molecule has 0 aliphatic rings. The molecule has 0 saturated carbocycles. The van der Waals surface area contributed by atoms with Gasteiger partial charge in [0.2, 0.25) is 0 Å². The third-order valence-electron chi connectivity index (χ3n) is 2.80. The third-order valence-corrected chi connectivity index (χ3v) is 2.80. The topological polar surface area (TPSA) is 34.1 Å². The lowest BCUT2D eigenvalue weighted by molar-refractivity contribution is 0.0576. The minimum absolute atomic E-state index is 0.376. The van der Waals surface area contributed by atoms with Crippen LogP contribution in [0.3, 0.4) is 0 Å². The van der Waals surface area contributed by atoms with Crippen LogP contribution < -0.4 is 5.32 Å². The number of aryl methyl sites for hydroxylation is 1. The van der Waals surface area contributed by atoms with E-state index in [9.17, 15) is 0 Å². The van der Waals surface area contributed by atoms with Gasteiger partial charge in [0.25, 0.3) is 0 Å². The van der Waals surface area contributed by atoms with Crippen molar-refractivity contribution in [1.82, 2.24) is 10.3 Å². The summed E-state index contributed by atoms with van der Waals surface area (Å²) < 4.78 is 5.77. The van der Waals surface area contributed by atoms with Crippen molar-refractivity contribution in [2.45, 2.75) is 38.7 Å². The van der Waals surface area contributed by atoms with Crippen molar-refractivity contribution in [3.63, 3.8) is 0 Å². The Kier molecular flexibility index (Phi) is 7.60. The van der Waals surface area contributed by atoms with Crippen molar-refractivity contribution in [3.8, 4) is 0 Å². The lowest BCUT2D eigenvalue weighted by atomic mass is 10.1. The number of hydrogen-bond donors (Lipinski definition) is 1. The number of pyridine rings is 1. The minimum atomic E-state index is 0.376. The first kappa shape index (κ1) is 14.1. The van der Waals surface area contributed by atoms with Gasteiger partial charge in [0.05, 0.1) is 6.10 Å². The highest BCUT2D eigenvalue weighted by atomic mass is 16.5. The van der Waals surface area contributed by atoms with Gasteiger partial charge in [0, 0.05) is 19.0 Å². The van der Waals surface area contributed by atoms with Gasteiger partial charge in [-0.15, -0.1) is 0 Å². The van der Waals surface area contributed by atoms with Gasteiger partial charge in [-0.25, -0.2) is 0 Å². The molecule has 0 aromatic carbocycles. The van der Waals surface area contributed by atoms with E-state index in [-0.39, 0.29) is 0 Å². The molecule has 17 heavy (non-hydrogen) atoms. The quantitative estimate of drug-likeness (QED) is 0.669. The van der Waals surface area contributed by atoms with Crippen LogP contribution in [0.2, 0.25) is 0 Å². The zero-order valence-electron chi connectivity index (χ0n) is 11.0. The summed E-state index contributed by atoms with van der Waals surface area (Å²) in [7, 11) is 1.99. The maximum atomic E-state index is 5.77. The normalized spacial score (nSPS) is 12.6. The van der Waals surface area contributed by atoms with Gasteiger partial charge in [-0.05, 0) is 63.9 Å². The number of nitrogens with one attached hydrogen (secondary N) is 1. The Morgan fingerprint density at radius 1 is 1.29 bits per heavy atom. The van der Waals surface area contributed by atoms with E-state index in [1.54, 1.807) is 0 Å². The molecule has 0 aliphatic heterocycles. The Balaban J connectivity index is 2.00. The molecule has 1 rings (SSSR count). The molecule has 0 spiro atoms. The average Bonchev–Trinajstić information content (AvgIpc) is 2.36. The minimum Gasteiger partial charge on any atom is -0.378 e. The van der Waals surface area contributed by atoms with Gasteiger partial charge in [-0.2, -0.15) is 0 Å². The molecule has 1 aromatic heterocycles. The van der Waals surface area contributed by atoms with E-state index in [1.165, 1.54) is 12.0 Å². The fourth-order valence-electron chi connectivity index (χ4n) is 1.76. The SMILES string of the molecule is CNCCCC(C)OCCCc1ccncc1. The molecule has 1 aromatic rings. The Morgan fingerprint density at radius 3 is 2.76 bits per heavy atom. The first-order valence-electron chi connectivity index (χ1n) is 6.48. The Labute approximate surface area is 105 Å². The molecular weight excluding hydrogens is 212 g/mol. The maximum Gasteiger partial charge on any atom is 0.0547 e. The second-order valence-electron chi connectivity index (χ2n) is 4.39. The van der Waals surface area contributed by atoms with Gasteiger partial charge >= 0.3 is 0 Å². The molecule has 0 aliphatic carbocycles. The van der Waals surface area contributed by atoms with Crippen molar-refractivity contribution >= 4 is 0 Å². The van der Waals surface area contributed by atoms with Gasteiger partial charge in [-0.1, -0.05) is 0 Å². The molecule has 3 nitrogen and oxygen atoms in total. The number of aromatic nitrogens is 1. The fourth-order valence-corrected chi connectivity index (χ4v) is 1.76. The third kappa shape index (κ3) is 7.08. The molecule has 1 atom stereocenters. The van der Waals surface area contributed by atoms with E-state index in [2.05, 4.69) is 29.4 Å². The summed E-state index contributed by atoms with van der Waals surface area (Å²) in [5.41, 5.74) is 1.34. The van der Waals surface area contributed by atoms with Crippen LogP contribution in [0.5, 0.6) is 0 Å². The maximum absolute atomic E-state index is 5.77. The van der Waals surface area contributed by atoms with Crippen LogP contribution in [0.15, 0.2) is 24.5 Å². The van der Waals surface area contributed by atoms with Gasteiger partial charge in [-0.3, -0.25) is 4.98 Å². The largest absolute Gasteiger partial charge is 0.378 e. The molecule has 1 N–H and O–H groups in total. The lowest BCUT2D eigenvalue weighted by Gasteiger charge is -2.12. The second kappa shape index (κ2) is 9.14. The van der Waals surface area contributed by atoms with Crippen molar-refractivity contribution in [2.75, 3.05) is 20.2 Å². The molecule has 0 radical (unpaired) electrons. The molecule has 3 heteroatoms. The molecule has 0 bridgehead atoms. The van der Waals surface area contributed by atoms with Crippen LogP contribution in [0.25, 0.3) is 0 Å². The second-order valence-corrected chi connectivity index (χ2v) is 4.39. The monoisotopic (exact) mass is 236 g/mol. The average molecular weight is 236 g/mol. The zero-order valence-corrected chi connectivity index (χ0v) is 11.0. The van der Waals surface area contributed by atoms with Crippen LogP contribution in [-0.4, -0.2) is 31.3 Å². The first-order valence-corrected chi connectivity index (χ1v) is 6.48. The number of hydrogen-bond acceptors (Lipinski definition) is 3. The van der Waals surface area contributed by atoms with E-state index in [0.717, 1.165) is 32.4 Å². The van der Waals surface area contributed by atoms with E-state index >= 15 is 0 Å². The highest BCUT2D eigenvalue weighted by Crippen LogP contribution is 2.04. The summed E-state index contributed by atoms with van der Waals surface area (Å²) in [5.74, 6) is 0. The number of ether oxygens (including phenoxy) is 1. The predicted octanol–water partition coefficient (Wildman–Crippen LogP) is 2.42. The van der Waals surface area contributed by atoms with Crippen molar-refractivity contribution in [3.05, 3.63) is 30.1 Å². The molecule has 1 unspecified atom stereocenters. The Hall–Kier alpha value is -0.930. The highest BCUT2D eigenvalue weighted by molar-refractivity contribution is 5.09. The Morgan fingerprint density at radius 2 is 2.06 bits per heavy atom. The van der Waals surface area contributed by atoms with Crippen molar-refractivity contribution in [2.24, 2.45) is 0 Å². The van der Waals surface area contributed by atoms with Crippen LogP contribution in [-0.2, 0) is 11.2 Å². The predicted molar refractivity (Wildman–Crippen MR) is 71.1 cm³/mol. The van der Waals surface area contributed by atoms with E-state index in [1.807, 2.05) is 19.4 Å². The number of nitrogens with zero attached hydrogens (tertiary/aromatic N) is 1. The van der Waals surface area contributed by atoms with Crippen molar-refractivity contribution in [1.29, 1.82) is 0 Å². The summed E-state index contributed by atoms with van der Waals surface area (Å²) in [5, 5.41) is 3.15. The summed E-state index contributed by atoms with van der Waals surface area (Å²) in [6.07, 6.45) is 8.54. The molecule has 0 amide bonds. The van der Waals surface area contributed by atoms with Crippen LogP contribution >= 0.6 is 0 Å². The van der Waals surface area contributed by atoms with Crippen LogP contribution in [0, 0.1) is 0 Å². The molecule has 96 valence electrons. The van der Waals surface area contributed by atoms with E-state index in [0.29, 0.717) is 6.10 Å². The van der Waals surface area contributed by atoms with Crippen LogP contribution in [0.1, 0.15) is 31.7 Å². The van der Waals surface area contributed by atoms with Gasteiger partial charge in [0.1, 0.15) is 0 Å². The Bertz CT molecular complexity index is 277. The zero-order chi connectivity index (χ0) is 12.3. The van der Waals surface area contributed by atoms with E-state index < -0.39 is 0 Å². The van der Waals surface area contributed by atoms with E-state index in [4.69, 9.17) is 4.74 Å². The smallest absolute Gasteiger partial charge is 0.0547 e. The van der Waals surface area contributed by atoms with Gasteiger partial charge in [0.15, 0.2) is 0 Å². The fraction of sp³-hybridized carbons (Fsp3) is 0.643. The molecule has 0 fully saturated rings. The van der Waals surface area contributed by atoms with Crippen LogP contribution in [0.4, 0.5) is 0 Å². The molecular formula is C14H24N2O. The summed E-state index contributed by atoms with van der Waals surface area (Å²) in [6.45, 7) is 4.08. The summed E-state index contributed by atoms with van der Waals surface area (Å²) in [4.78, 5) is 4.01. The standard InChI is InChI=1S/C14H24N2O/c1-13(5-3-9-15-2)17-12-4-6-14-7-10-16-11-8-14/h7-8,10-11,13,15H,3-6,9,12H2,1-2H3. The summed E-state index contributed by atoms with van der Waals surface area (Å²) >= 11 is 0. The highest BCUT2D eigenvalue weighted by Gasteiger charge is 2.01. The lowest BCUT2D eigenvalue weighted by Crippen LogP contribution is -2.14. The number of rotatable bonds is 9. The molecule has 0 saturated heterocycles. The summed E-state index contributed by atoms with van der Waals surface area (Å²) in [6, 6.07) is 4.13. The van der Waals surface area contributed by atoms with Crippen molar-refractivity contribution < 1.29 is 4.74 Å². The first-order chi connectivity index (χ1) is 8.33. The molecule has 1 heterocycles.